The zero-order valence-electron chi connectivity index (χ0n) is 9.70. The van der Waals surface area contributed by atoms with Gasteiger partial charge in [-0.1, -0.05) is 6.07 Å². The molecule has 0 heterocycles. The van der Waals surface area contributed by atoms with E-state index in [9.17, 15) is 18.0 Å². The normalized spacial score (nSPS) is 11.3. The number of carbonyl (C=O) groups is 1. The lowest BCUT2D eigenvalue weighted by atomic mass is 10.2. The van der Waals surface area contributed by atoms with Gasteiger partial charge in [0, 0.05) is 18.4 Å². The van der Waals surface area contributed by atoms with E-state index >= 15 is 0 Å². The number of anilines is 2. The third-order valence-corrected chi connectivity index (χ3v) is 2.12. The van der Waals surface area contributed by atoms with E-state index < -0.39 is 25.3 Å². The van der Waals surface area contributed by atoms with Crippen LogP contribution in [0.2, 0.25) is 0 Å². The summed E-state index contributed by atoms with van der Waals surface area (Å²) in [6, 6.07) is 6.45. The Balaban J connectivity index is 2.52. The van der Waals surface area contributed by atoms with Crippen molar-refractivity contribution in [3.8, 4) is 0 Å². The van der Waals surface area contributed by atoms with Crippen LogP contribution in [0.1, 0.15) is 0 Å². The van der Waals surface area contributed by atoms with Gasteiger partial charge in [0.2, 0.25) is 0 Å². The highest BCUT2D eigenvalue weighted by atomic mass is 19.4. The maximum Gasteiger partial charge on any atom is 0.411 e. The van der Waals surface area contributed by atoms with E-state index in [4.69, 9.17) is 5.73 Å². The first-order chi connectivity index (χ1) is 8.29. The van der Waals surface area contributed by atoms with Gasteiger partial charge < -0.3 is 15.4 Å². The number of ether oxygens (including phenoxy) is 1. The number of benzene rings is 1. The van der Waals surface area contributed by atoms with Crippen LogP contribution in [0.3, 0.4) is 0 Å². The summed E-state index contributed by atoms with van der Waals surface area (Å²) < 4.78 is 39.7. The van der Waals surface area contributed by atoms with Crippen molar-refractivity contribution in [2.45, 2.75) is 6.18 Å². The third-order valence-electron chi connectivity index (χ3n) is 2.12. The number of rotatable bonds is 4. The lowest BCUT2D eigenvalue weighted by Gasteiger charge is -2.18. The molecule has 1 amide bonds. The van der Waals surface area contributed by atoms with Crippen molar-refractivity contribution in [2.24, 2.45) is 0 Å². The number of likely N-dealkylation sites (N-methyl/N-ethyl adjacent to an activating group) is 1. The van der Waals surface area contributed by atoms with Crippen LogP contribution >= 0.6 is 0 Å². The molecule has 0 aliphatic carbocycles. The molecule has 1 rings (SSSR count). The maximum atomic E-state index is 11.8. The van der Waals surface area contributed by atoms with Crippen molar-refractivity contribution < 1.29 is 22.7 Å². The van der Waals surface area contributed by atoms with E-state index in [0.29, 0.717) is 11.4 Å². The first-order valence-corrected chi connectivity index (χ1v) is 5.06. The Bertz CT molecular complexity index is 421. The predicted molar refractivity (Wildman–Crippen MR) is 61.1 cm³/mol. The van der Waals surface area contributed by atoms with E-state index in [0.717, 1.165) is 0 Å². The van der Waals surface area contributed by atoms with Crippen LogP contribution in [0, 0.1) is 0 Å². The molecule has 0 saturated carbocycles. The van der Waals surface area contributed by atoms with Crippen molar-refractivity contribution in [3.63, 3.8) is 0 Å². The molecule has 0 bridgehead atoms. The maximum absolute atomic E-state index is 11.8. The number of hydrogen-bond donors (Lipinski definition) is 1. The summed E-state index contributed by atoms with van der Waals surface area (Å²) in [7, 11) is 1.44. The highest BCUT2D eigenvalue weighted by Gasteiger charge is 2.28. The monoisotopic (exact) mass is 262 g/mol. The molecule has 0 aliphatic rings. The molecule has 0 aliphatic heterocycles. The molecule has 0 radical (unpaired) electrons. The Morgan fingerprint density at radius 2 is 2.11 bits per heavy atom. The number of alkyl halides is 3. The van der Waals surface area contributed by atoms with Crippen molar-refractivity contribution in [2.75, 3.05) is 30.9 Å². The molecular weight excluding hydrogens is 249 g/mol. The second-order valence-electron chi connectivity index (χ2n) is 3.66. The average Bonchev–Trinajstić information content (AvgIpc) is 2.26. The lowest BCUT2D eigenvalue weighted by molar-refractivity contribution is -0.175. The molecule has 1 aromatic carbocycles. The number of carbonyl (C=O) groups excluding carboxylic acids is 1. The van der Waals surface area contributed by atoms with Crippen LogP contribution in [0.4, 0.5) is 24.5 Å². The second kappa shape index (κ2) is 5.72. The van der Waals surface area contributed by atoms with Crippen LogP contribution in [-0.2, 0) is 9.53 Å². The molecule has 100 valence electrons. The molecule has 2 N–H and O–H groups in total. The minimum Gasteiger partial charge on any atom is -0.399 e. The fraction of sp³-hybridized carbons (Fsp3) is 0.364. The second-order valence-corrected chi connectivity index (χ2v) is 3.66. The predicted octanol–water partition coefficient (Wildman–Crippen LogP) is 1.81. The topological polar surface area (TPSA) is 55.6 Å². The van der Waals surface area contributed by atoms with Gasteiger partial charge in [-0.05, 0) is 18.2 Å². The number of nitrogen functional groups attached to an aromatic ring is 1. The van der Waals surface area contributed by atoms with Gasteiger partial charge in [-0.25, -0.2) is 0 Å². The highest BCUT2D eigenvalue weighted by Crippen LogP contribution is 2.17. The SMILES string of the molecule is CN(C(=O)COCC(F)(F)F)c1cccc(N)c1. The van der Waals surface area contributed by atoms with Crippen LogP contribution in [0.15, 0.2) is 24.3 Å². The van der Waals surface area contributed by atoms with Crippen LogP contribution in [-0.4, -0.2) is 32.3 Å². The minimum absolute atomic E-state index is 0.461. The third kappa shape index (κ3) is 4.62. The van der Waals surface area contributed by atoms with Crippen LogP contribution in [0.5, 0.6) is 0 Å². The summed E-state index contributed by atoms with van der Waals surface area (Å²) in [4.78, 5) is 12.7. The quantitative estimate of drug-likeness (QED) is 0.842. The molecule has 0 spiro atoms. The first-order valence-electron chi connectivity index (χ1n) is 5.06. The van der Waals surface area contributed by atoms with Crippen molar-refractivity contribution >= 4 is 17.3 Å². The summed E-state index contributed by atoms with van der Waals surface area (Å²) in [5.41, 5.74) is 6.49. The van der Waals surface area contributed by atoms with Gasteiger partial charge >= 0.3 is 6.18 Å². The molecule has 0 aromatic heterocycles. The van der Waals surface area contributed by atoms with Gasteiger partial charge in [0.15, 0.2) is 0 Å². The zero-order chi connectivity index (χ0) is 13.8. The highest BCUT2D eigenvalue weighted by molar-refractivity contribution is 5.94. The zero-order valence-corrected chi connectivity index (χ0v) is 9.70. The summed E-state index contributed by atoms with van der Waals surface area (Å²) in [6.45, 7) is -2.08. The molecule has 7 heteroatoms. The van der Waals surface area contributed by atoms with Gasteiger partial charge in [-0.2, -0.15) is 13.2 Å². The van der Waals surface area contributed by atoms with Crippen molar-refractivity contribution in [1.29, 1.82) is 0 Å². The summed E-state index contributed by atoms with van der Waals surface area (Å²) in [5, 5.41) is 0. The largest absolute Gasteiger partial charge is 0.411 e. The van der Waals surface area contributed by atoms with Crippen LogP contribution in [0.25, 0.3) is 0 Å². The van der Waals surface area contributed by atoms with Gasteiger partial charge in [0.25, 0.3) is 5.91 Å². The minimum atomic E-state index is -4.43. The summed E-state index contributed by atoms with van der Waals surface area (Å²) >= 11 is 0. The standard InChI is InChI=1S/C11H13F3N2O2/c1-16(9-4-2-3-8(15)5-9)10(17)6-18-7-11(12,13)14/h2-5H,6-7,15H2,1H3. The smallest absolute Gasteiger partial charge is 0.399 e. The number of amides is 1. The van der Waals surface area contributed by atoms with E-state index in [1.165, 1.54) is 11.9 Å². The Morgan fingerprint density at radius 1 is 1.44 bits per heavy atom. The van der Waals surface area contributed by atoms with Crippen molar-refractivity contribution in [1.82, 2.24) is 0 Å². The molecule has 1 aromatic rings. The van der Waals surface area contributed by atoms with Gasteiger partial charge in [0.1, 0.15) is 13.2 Å². The van der Waals surface area contributed by atoms with E-state index in [-0.39, 0.29) is 0 Å². The Hall–Kier alpha value is -1.76. The fourth-order valence-corrected chi connectivity index (χ4v) is 1.23. The van der Waals surface area contributed by atoms with Gasteiger partial charge in [-0.15, -0.1) is 0 Å². The van der Waals surface area contributed by atoms with E-state index in [1.807, 2.05) is 0 Å². The Labute approximate surface area is 102 Å². The molecule has 0 atom stereocenters. The van der Waals surface area contributed by atoms with E-state index in [1.54, 1.807) is 24.3 Å². The van der Waals surface area contributed by atoms with Crippen molar-refractivity contribution in [3.05, 3.63) is 24.3 Å². The van der Waals surface area contributed by atoms with Gasteiger partial charge in [0.05, 0.1) is 0 Å². The number of halogens is 3. The molecule has 0 unspecified atom stereocenters. The molecule has 0 fully saturated rings. The summed E-state index contributed by atoms with van der Waals surface area (Å²) in [6.07, 6.45) is -4.43. The Kier molecular flexibility index (Phi) is 4.55. The molecule has 4 nitrogen and oxygen atoms in total. The number of nitrogens with zero attached hydrogens (tertiary/aromatic N) is 1. The van der Waals surface area contributed by atoms with Gasteiger partial charge in [-0.3, -0.25) is 4.79 Å². The van der Waals surface area contributed by atoms with E-state index in [2.05, 4.69) is 4.74 Å². The van der Waals surface area contributed by atoms with Crippen LogP contribution < -0.4 is 10.6 Å². The molecule has 0 saturated heterocycles. The summed E-state index contributed by atoms with van der Waals surface area (Å²) in [5.74, 6) is -0.579. The number of hydrogen-bond acceptors (Lipinski definition) is 3. The number of nitrogens with two attached hydrogens (primary N) is 1. The molecular formula is C11H13F3N2O2. The average molecular weight is 262 g/mol. The first kappa shape index (κ1) is 14.3. The lowest BCUT2D eigenvalue weighted by Crippen LogP contribution is -2.31. The molecule has 18 heavy (non-hydrogen) atoms. The fourth-order valence-electron chi connectivity index (χ4n) is 1.23. The Morgan fingerprint density at radius 3 is 2.67 bits per heavy atom.